The molecule has 0 fully saturated rings. The molecular weight excluding hydrogens is 283 g/mol. The minimum Gasteiger partial charge on any atom is -0.487 e. The number of nitrogens with two attached hydrogens (primary N) is 1. The SMILES string of the molecule is N=C(N)c1ccccc1COc1ccc(Cl)cc1Cl. The zero-order chi connectivity index (χ0) is 13.8. The Morgan fingerprint density at radius 1 is 1.16 bits per heavy atom. The van der Waals surface area contributed by atoms with Gasteiger partial charge >= 0.3 is 0 Å². The first-order valence-corrected chi connectivity index (χ1v) is 6.33. The highest BCUT2D eigenvalue weighted by Crippen LogP contribution is 2.28. The van der Waals surface area contributed by atoms with E-state index in [0.717, 1.165) is 5.56 Å². The molecule has 0 heterocycles. The third kappa shape index (κ3) is 3.40. The average Bonchev–Trinajstić information content (AvgIpc) is 2.38. The Bertz CT molecular complexity index is 614. The molecule has 0 saturated heterocycles. The molecule has 0 amide bonds. The van der Waals surface area contributed by atoms with Crippen LogP contribution in [0.2, 0.25) is 10.0 Å². The van der Waals surface area contributed by atoms with Gasteiger partial charge in [-0.25, -0.2) is 0 Å². The van der Waals surface area contributed by atoms with E-state index in [1.54, 1.807) is 24.3 Å². The third-order valence-corrected chi connectivity index (χ3v) is 3.12. The van der Waals surface area contributed by atoms with Gasteiger partial charge in [0.2, 0.25) is 0 Å². The molecule has 0 atom stereocenters. The first-order valence-electron chi connectivity index (χ1n) is 5.58. The van der Waals surface area contributed by atoms with Crippen molar-refractivity contribution in [2.24, 2.45) is 5.73 Å². The van der Waals surface area contributed by atoms with E-state index in [1.807, 2.05) is 18.2 Å². The van der Waals surface area contributed by atoms with Crippen molar-refractivity contribution in [1.29, 1.82) is 5.41 Å². The molecule has 0 aliphatic carbocycles. The predicted molar refractivity (Wildman–Crippen MR) is 78.3 cm³/mol. The van der Waals surface area contributed by atoms with Gasteiger partial charge in [0.25, 0.3) is 0 Å². The molecular formula is C14H12Cl2N2O. The second kappa shape index (κ2) is 5.95. The van der Waals surface area contributed by atoms with Crippen molar-refractivity contribution in [2.75, 3.05) is 0 Å². The van der Waals surface area contributed by atoms with Gasteiger partial charge in [0.15, 0.2) is 0 Å². The summed E-state index contributed by atoms with van der Waals surface area (Å²) in [5, 5.41) is 8.52. The summed E-state index contributed by atoms with van der Waals surface area (Å²) in [5.74, 6) is 0.561. The van der Waals surface area contributed by atoms with Crippen LogP contribution in [0.4, 0.5) is 0 Å². The van der Waals surface area contributed by atoms with Gasteiger partial charge in [-0.1, -0.05) is 47.5 Å². The molecule has 2 aromatic carbocycles. The molecule has 0 saturated carbocycles. The van der Waals surface area contributed by atoms with Crippen LogP contribution >= 0.6 is 23.2 Å². The van der Waals surface area contributed by atoms with Crippen LogP contribution in [0, 0.1) is 5.41 Å². The molecule has 19 heavy (non-hydrogen) atoms. The second-order valence-electron chi connectivity index (χ2n) is 3.93. The first kappa shape index (κ1) is 13.7. The second-order valence-corrected chi connectivity index (χ2v) is 4.78. The fourth-order valence-corrected chi connectivity index (χ4v) is 2.12. The van der Waals surface area contributed by atoms with E-state index in [9.17, 15) is 0 Å². The Hall–Kier alpha value is -1.71. The van der Waals surface area contributed by atoms with E-state index >= 15 is 0 Å². The molecule has 0 radical (unpaired) electrons. The van der Waals surface area contributed by atoms with Crippen LogP contribution in [0.25, 0.3) is 0 Å². The average molecular weight is 295 g/mol. The smallest absolute Gasteiger partial charge is 0.138 e. The number of nitrogen functional groups attached to an aromatic ring is 1. The molecule has 3 nitrogen and oxygen atoms in total. The fraction of sp³-hybridized carbons (Fsp3) is 0.0714. The van der Waals surface area contributed by atoms with Crippen LogP contribution in [0.5, 0.6) is 5.75 Å². The standard InChI is InChI=1S/C14H12Cl2N2O/c15-10-5-6-13(12(16)7-10)19-8-9-3-1-2-4-11(9)14(17)18/h1-7H,8H2,(H3,17,18). The minimum absolute atomic E-state index is 0.0152. The van der Waals surface area contributed by atoms with Gasteiger partial charge < -0.3 is 10.5 Å². The zero-order valence-corrected chi connectivity index (χ0v) is 11.5. The molecule has 0 spiro atoms. The molecule has 98 valence electrons. The maximum atomic E-state index is 7.51. The molecule has 0 aliphatic rings. The molecule has 0 aliphatic heterocycles. The fourth-order valence-electron chi connectivity index (χ4n) is 1.66. The Kier molecular flexibility index (Phi) is 4.30. The van der Waals surface area contributed by atoms with Crippen molar-refractivity contribution in [1.82, 2.24) is 0 Å². The molecule has 3 N–H and O–H groups in total. The third-order valence-electron chi connectivity index (χ3n) is 2.58. The highest BCUT2D eigenvalue weighted by atomic mass is 35.5. The quantitative estimate of drug-likeness (QED) is 0.664. The van der Waals surface area contributed by atoms with Crippen LogP contribution in [-0.2, 0) is 6.61 Å². The van der Waals surface area contributed by atoms with Crippen LogP contribution in [0.3, 0.4) is 0 Å². The number of rotatable bonds is 4. The topological polar surface area (TPSA) is 59.1 Å². The number of amidine groups is 1. The Labute approximate surface area is 121 Å². The van der Waals surface area contributed by atoms with Gasteiger partial charge in [0.1, 0.15) is 18.2 Å². The number of halogens is 2. The van der Waals surface area contributed by atoms with Crippen LogP contribution in [0.15, 0.2) is 42.5 Å². The van der Waals surface area contributed by atoms with E-state index in [0.29, 0.717) is 21.4 Å². The molecule has 2 aromatic rings. The minimum atomic E-state index is 0.0152. The van der Waals surface area contributed by atoms with Gasteiger partial charge in [-0.2, -0.15) is 0 Å². The summed E-state index contributed by atoms with van der Waals surface area (Å²) in [6.07, 6.45) is 0. The van der Waals surface area contributed by atoms with Gasteiger partial charge in [0.05, 0.1) is 5.02 Å². The number of hydrogen-bond donors (Lipinski definition) is 2. The van der Waals surface area contributed by atoms with E-state index in [2.05, 4.69) is 0 Å². The van der Waals surface area contributed by atoms with E-state index < -0.39 is 0 Å². The Morgan fingerprint density at radius 3 is 2.58 bits per heavy atom. The molecule has 0 unspecified atom stereocenters. The van der Waals surface area contributed by atoms with Crippen LogP contribution < -0.4 is 10.5 Å². The summed E-state index contributed by atoms with van der Waals surface area (Å²) < 4.78 is 5.63. The van der Waals surface area contributed by atoms with E-state index in [1.165, 1.54) is 0 Å². The van der Waals surface area contributed by atoms with Gasteiger partial charge in [0, 0.05) is 16.1 Å². The van der Waals surface area contributed by atoms with Crippen LogP contribution in [0.1, 0.15) is 11.1 Å². The highest BCUT2D eigenvalue weighted by molar-refractivity contribution is 6.35. The summed E-state index contributed by atoms with van der Waals surface area (Å²) in [4.78, 5) is 0. The van der Waals surface area contributed by atoms with E-state index in [4.69, 9.17) is 39.1 Å². The van der Waals surface area contributed by atoms with Crippen molar-refractivity contribution in [3.63, 3.8) is 0 Å². The van der Waals surface area contributed by atoms with Gasteiger partial charge in [-0.15, -0.1) is 0 Å². The Balaban J connectivity index is 2.17. The molecule has 5 heteroatoms. The predicted octanol–water partition coefficient (Wildman–Crippen LogP) is 3.86. The molecule has 2 rings (SSSR count). The van der Waals surface area contributed by atoms with E-state index in [-0.39, 0.29) is 12.4 Å². The largest absolute Gasteiger partial charge is 0.487 e. The van der Waals surface area contributed by atoms with Crippen LogP contribution in [-0.4, -0.2) is 5.84 Å². The highest BCUT2D eigenvalue weighted by Gasteiger charge is 2.07. The van der Waals surface area contributed by atoms with Gasteiger partial charge in [-0.05, 0) is 18.2 Å². The number of nitrogens with one attached hydrogen (secondary N) is 1. The van der Waals surface area contributed by atoms with Gasteiger partial charge in [-0.3, -0.25) is 5.41 Å². The lowest BCUT2D eigenvalue weighted by Gasteiger charge is -2.11. The number of benzene rings is 2. The summed E-state index contributed by atoms with van der Waals surface area (Å²) in [5.41, 5.74) is 7.01. The lowest BCUT2D eigenvalue weighted by molar-refractivity contribution is 0.306. The monoisotopic (exact) mass is 294 g/mol. The summed E-state index contributed by atoms with van der Waals surface area (Å²) in [6, 6.07) is 12.4. The molecule has 0 bridgehead atoms. The van der Waals surface area contributed by atoms with Crippen molar-refractivity contribution in [2.45, 2.75) is 6.61 Å². The summed E-state index contributed by atoms with van der Waals surface area (Å²) in [6.45, 7) is 0.289. The zero-order valence-electron chi connectivity index (χ0n) is 9.99. The molecule has 0 aromatic heterocycles. The number of ether oxygens (including phenoxy) is 1. The maximum Gasteiger partial charge on any atom is 0.138 e. The Morgan fingerprint density at radius 2 is 1.89 bits per heavy atom. The maximum absolute atomic E-state index is 7.51. The number of hydrogen-bond acceptors (Lipinski definition) is 2. The lowest BCUT2D eigenvalue weighted by Crippen LogP contribution is -2.14. The summed E-state index contributed by atoms with van der Waals surface area (Å²) in [7, 11) is 0. The lowest BCUT2D eigenvalue weighted by atomic mass is 10.1. The van der Waals surface area contributed by atoms with Crippen molar-refractivity contribution in [3.05, 3.63) is 63.6 Å². The normalized spacial score (nSPS) is 10.2. The van der Waals surface area contributed by atoms with Crippen molar-refractivity contribution in [3.8, 4) is 5.75 Å². The van der Waals surface area contributed by atoms with Crippen molar-refractivity contribution >= 4 is 29.0 Å². The van der Waals surface area contributed by atoms with Crippen molar-refractivity contribution < 1.29 is 4.74 Å². The first-order chi connectivity index (χ1) is 9.08. The summed E-state index contributed by atoms with van der Waals surface area (Å²) >= 11 is 11.8.